The lowest BCUT2D eigenvalue weighted by atomic mass is 10.1. The third-order valence-electron chi connectivity index (χ3n) is 2.01. The van der Waals surface area contributed by atoms with Crippen molar-refractivity contribution in [1.29, 1.82) is 5.26 Å². The number of hydrogen-bond acceptors (Lipinski definition) is 3. The predicted octanol–water partition coefficient (Wildman–Crippen LogP) is 1.95. The predicted molar refractivity (Wildman–Crippen MR) is 49.7 cm³/mol. The van der Waals surface area contributed by atoms with Crippen LogP contribution < -0.4 is 0 Å². The van der Waals surface area contributed by atoms with Crippen LogP contribution in [0.5, 0.6) is 0 Å². The van der Waals surface area contributed by atoms with Gasteiger partial charge < -0.3 is 4.98 Å². The fraction of sp³-hybridized carbons (Fsp3) is 0. The molecule has 0 saturated heterocycles. The van der Waals surface area contributed by atoms with E-state index in [0.29, 0.717) is 16.5 Å². The van der Waals surface area contributed by atoms with Crippen LogP contribution in [0.25, 0.3) is 10.9 Å². The Balaban J connectivity index is 2.84. The number of nitro groups is 1. The molecular weight excluding hydrogens is 182 g/mol. The van der Waals surface area contributed by atoms with E-state index in [1.54, 1.807) is 18.2 Å². The molecular formula is C9H5N3O2. The van der Waals surface area contributed by atoms with Gasteiger partial charge in [0.1, 0.15) is 6.07 Å². The third-order valence-corrected chi connectivity index (χ3v) is 2.01. The highest BCUT2D eigenvalue weighted by Gasteiger charge is 2.14. The van der Waals surface area contributed by atoms with Crippen molar-refractivity contribution < 1.29 is 4.92 Å². The molecule has 0 aliphatic carbocycles. The molecule has 0 bridgehead atoms. The van der Waals surface area contributed by atoms with E-state index in [9.17, 15) is 10.1 Å². The number of H-pyrrole nitrogens is 1. The maximum atomic E-state index is 10.6. The second-order valence-corrected chi connectivity index (χ2v) is 2.77. The second kappa shape index (κ2) is 2.85. The van der Waals surface area contributed by atoms with Crippen molar-refractivity contribution in [1.82, 2.24) is 4.98 Å². The lowest BCUT2D eigenvalue weighted by Crippen LogP contribution is -1.85. The zero-order chi connectivity index (χ0) is 10.1. The number of para-hydroxylation sites is 1. The van der Waals surface area contributed by atoms with Gasteiger partial charge in [0.15, 0.2) is 0 Å². The summed E-state index contributed by atoms with van der Waals surface area (Å²) in [6.07, 6.45) is 1.30. The molecule has 0 spiro atoms. The molecule has 68 valence electrons. The normalized spacial score (nSPS) is 9.93. The minimum atomic E-state index is -0.472. The Morgan fingerprint density at radius 2 is 2.29 bits per heavy atom. The molecule has 1 heterocycles. The van der Waals surface area contributed by atoms with Gasteiger partial charge in [-0.15, -0.1) is 0 Å². The summed E-state index contributed by atoms with van der Waals surface area (Å²) in [4.78, 5) is 12.8. The average molecular weight is 187 g/mol. The summed E-state index contributed by atoms with van der Waals surface area (Å²) in [6.45, 7) is 0. The summed E-state index contributed by atoms with van der Waals surface area (Å²) in [7, 11) is 0. The molecule has 0 aliphatic rings. The summed E-state index contributed by atoms with van der Waals surface area (Å²) in [5.41, 5.74) is 0.925. The minimum absolute atomic E-state index is 0.00269. The Labute approximate surface area is 78.7 Å². The van der Waals surface area contributed by atoms with Crippen LogP contribution in [0.15, 0.2) is 24.4 Å². The molecule has 14 heavy (non-hydrogen) atoms. The molecule has 2 rings (SSSR count). The first-order valence-electron chi connectivity index (χ1n) is 3.88. The molecule has 1 N–H and O–H groups in total. The molecule has 1 aromatic heterocycles. The van der Waals surface area contributed by atoms with Crippen molar-refractivity contribution in [2.45, 2.75) is 0 Å². The molecule has 0 radical (unpaired) electrons. The minimum Gasteiger partial charge on any atom is -0.354 e. The first kappa shape index (κ1) is 8.26. The smallest absolute Gasteiger partial charge is 0.294 e. The van der Waals surface area contributed by atoms with Gasteiger partial charge >= 0.3 is 0 Å². The Bertz CT molecular complexity index is 551. The van der Waals surface area contributed by atoms with Gasteiger partial charge in [-0.1, -0.05) is 6.07 Å². The van der Waals surface area contributed by atoms with E-state index in [2.05, 4.69) is 4.98 Å². The topological polar surface area (TPSA) is 82.7 Å². The van der Waals surface area contributed by atoms with Crippen LogP contribution in [-0.2, 0) is 0 Å². The fourth-order valence-corrected chi connectivity index (χ4v) is 1.38. The zero-order valence-corrected chi connectivity index (χ0v) is 7.02. The maximum Gasteiger partial charge on any atom is 0.294 e. The lowest BCUT2D eigenvalue weighted by molar-refractivity contribution is -0.383. The number of fused-ring (bicyclic) bond motifs is 1. The molecule has 5 nitrogen and oxygen atoms in total. The van der Waals surface area contributed by atoms with E-state index >= 15 is 0 Å². The highest BCUT2D eigenvalue weighted by Crippen LogP contribution is 2.26. The zero-order valence-electron chi connectivity index (χ0n) is 7.02. The van der Waals surface area contributed by atoms with Crippen molar-refractivity contribution in [2.24, 2.45) is 0 Å². The van der Waals surface area contributed by atoms with Gasteiger partial charge in [-0.2, -0.15) is 5.26 Å². The highest BCUT2D eigenvalue weighted by atomic mass is 16.6. The van der Waals surface area contributed by atoms with Crippen LogP contribution in [0.2, 0.25) is 0 Å². The fourth-order valence-electron chi connectivity index (χ4n) is 1.38. The van der Waals surface area contributed by atoms with Crippen molar-refractivity contribution in [3.8, 4) is 6.07 Å². The Hall–Kier alpha value is -2.35. The summed E-state index contributed by atoms with van der Waals surface area (Å²) in [5.74, 6) is 0. The maximum absolute atomic E-state index is 10.6. The Morgan fingerprint density at radius 3 is 2.93 bits per heavy atom. The molecule has 0 amide bonds. The number of nitrogens with one attached hydrogen (secondary N) is 1. The second-order valence-electron chi connectivity index (χ2n) is 2.77. The number of hydrogen-bond donors (Lipinski definition) is 1. The molecule has 0 atom stereocenters. The number of nitriles is 1. The van der Waals surface area contributed by atoms with E-state index in [1.165, 1.54) is 6.20 Å². The molecule has 5 heteroatoms. The van der Waals surface area contributed by atoms with Crippen LogP contribution in [0.4, 0.5) is 5.69 Å². The number of benzene rings is 1. The van der Waals surface area contributed by atoms with E-state index in [4.69, 9.17) is 5.26 Å². The van der Waals surface area contributed by atoms with Gasteiger partial charge in [0.25, 0.3) is 5.69 Å². The number of aromatic nitrogens is 1. The summed E-state index contributed by atoms with van der Waals surface area (Å²) >= 11 is 0. The third kappa shape index (κ3) is 1.02. The summed E-state index contributed by atoms with van der Waals surface area (Å²) < 4.78 is 0. The van der Waals surface area contributed by atoms with Crippen molar-refractivity contribution >= 4 is 16.6 Å². The summed E-state index contributed by atoms with van der Waals surface area (Å²) in [6, 6.07) is 6.82. The van der Waals surface area contributed by atoms with Crippen LogP contribution >= 0.6 is 0 Å². The van der Waals surface area contributed by atoms with Crippen molar-refractivity contribution in [3.05, 3.63) is 40.1 Å². The summed E-state index contributed by atoms with van der Waals surface area (Å²) in [5, 5.41) is 19.8. The standard InChI is InChI=1S/C9H5N3O2/c10-4-6-2-1-3-7-8(12(13)14)5-11-9(6)7/h1-3,5,11H. The molecule has 0 aliphatic heterocycles. The molecule has 1 aromatic carbocycles. The average Bonchev–Trinajstić information content (AvgIpc) is 2.60. The van der Waals surface area contributed by atoms with Gasteiger partial charge in [0, 0.05) is 0 Å². The van der Waals surface area contributed by atoms with Crippen LogP contribution in [0, 0.1) is 21.4 Å². The first-order valence-corrected chi connectivity index (χ1v) is 3.88. The van der Waals surface area contributed by atoms with Gasteiger partial charge in [-0.3, -0.25) is 10.1 Å². The largest absolute Gasteiger partial charge is 0.354 e. The highest BCUT2D eigenvalue weighted by molar-refractivity contribution is 5.92. The van der Waals surface area contributed by atoms with E-state index in [1.807, 2.05) is 6.07 Å². The van der Waals surface area contributed by atoms with Gasteiger partial charge in [-0.05, 0) is 12.1 Å². The van der Waals surface area contributed by atoms with Gasteiger partial charge in [-0.25, -0.2) is 0 Å². The molecule has 0 fully saturated rings. The van der Waals surface area contributed by atoms with Gasteiger partial charge in [0.2, 0.25) is 0 Å². The van der Waals surface area contributed by atoms with Gasteiger partial charge in [0.05, 0.1) is 27.6 Å². The monoisotopic (exact) mass is 187 g/mol. The Kier molecular flexibility index (Phi) is 1.68. The van der Waals surface area contributed by atoms with Crippen LogP contribution in [0.3, 0.4) is 0 Å². The Morgan fingerprint density at radius 1 is 1.50 bits per heavy atom. The van der Waals surface area contributed by atoms with Crippen LogP contribution in [-0.4, -0.2) is 9.91 Å². The quantitative estimate of drug-likeness (QED) is 0.547. The van der Waals surface area contributed by atoms with Crippen molar-refractivity contribution in [3.63, 3.8) is 0 Å². The number of aromatic amines is 1. The van der Waals surface area contributed by atoms with E-state index < -0.39 is 4.92 Å². The molecule has 0 saturated carbocycles. The van der Waals surface area contributed by atoms with E-state index in [-0.39, 0.29) is 5.69 Å². The lowest BCUT2D eigenvalue weighted by Gasteiger charge is -1.91. The van der Waals surface area contributed by atoms with Crippen molar-refractivity contribution in [2.75, 3.05) is 0 Å². The molecule has 0 unspecified atom stereocenters. The number of rotatable bonds is 1. The molecule has 2 aromatic rings. The van der Waals surface area contributed by atoms with E-state index in [0.717, 1.165) is 0 Å². The first-order chi connectivity index (χ1) is 6.74. The van der Waals surface area contributed by atoms with Crippen LogP contribution in [0.1, 0.15) is 5.56 Å². The number of nitrogens with zero attached hydrogens (tertiary/aromatic N) is 2. The SMILES string of the molecule is N#Cc1cccc2c([N+](=O)[O-])c[nH]c12.